The van der Waals surface area contributed by atoms with Crippen molar-refractivity contribution in [1.82, 2.24) is 0 Å². The lowest BCUT2D eigenvalue weighted by Gasteiger charge is -2.13. The summed E-state index contributed by atoms with van der Waals surface area (Å²) in [6, 6.07) is -0.913. The maximum absolute atomic E-state index is 10.6. The number of carboxylic acid groups (broad SMARTS) is 2. The van der Waals surface area contributed by atoms with E-state index in [1.807, 2.05) is 0 Å². The standard InChI is InChI=1S/C8H13NO4/c9-6(8(12)13)4-1-2-5(3-4)7(10)11/h4-6H,1-3,9H2,(H,10,11)(H,12,13). The second kappa shape index (κ2) is 3.74. The van der Waals surface area contributed by atoms with E-state index in [1.54, 1.807) is 0 Å². The van der Waals surface area contributed by atoms with Crippen LogP contribution in [0.5, 0.6) is 0 Å². The molecule has 4 N–H and O–H groups in total. The van der Waals surface area contributed by atoms with Crippen molar-refractivity contribution < 1.29 is 19.8 Å². The maximum Gasteiger partial charge on any atom is 0.320 e. The van der Waals surface area contributed by atoms with Crippen molar-refractivity contribution in [1.29, 1.82) is 0 Å². The summed E-state index contributed by atoms with van der Waals surface area (Å²) in [7, 11) is 0. The summed E-state index contributed by atoms with van der Waals surface area (Å²) in [5.74, 6) is -2.48. The topological polar surface area (TPSA) is 101 Å². The summed E-state index contributed by atoms with van der Waals surface area (Å²) < 4.78 is 0. The van der Waals surface area contributed by atoms with Gasteiger partial charge in [-0.15, -0.1) is 0 Å². The molecular formula is C8H13NO4. The van der Waals surface area contributed by atoms with Crippen molar-refractivity contribution in [2.24, 2.45) is 17.6 Å². The Morgan fingerprint density at radius 2 is 1.92 bits per heavy atom. The van der Waals surface area contributed by atoms with Crippen LogP contribution in [-0.4, -0.2) is 28.2 Å². The van der Waals surface area contributed by atoms with E-state index in [9.17, 15) is 9.59 Å². The molecule has 0 aromatic rings. The second-order valence-corrected chi connectivity index (χ2v) is 3.47. The molecule has 0 amide bonds. The SMILES string of the molecule is NC(C(=O)O)C1CCC(C(=O)O)C1. The first kappa shape index (κ1) is 9.98. The van der Waals surface area contributed by atoms with Crippen LogP contribution in [0.4, 0.5) is 0 Å². The van der Waals surface area contributed by atoms with E-state index in [0.717, 1.165) is 0 Å². The summed E-state index contributed by atoms with van der Waals surface area (Å²) in [4.78, 5) is 21.0. The molecule has 13 heavy (non-hydrogen) atoms. The van der Waals surface area contributed by atoms with Gasteiger partial charge in [0.1, 0.15) is 6.04 Å². The van der Waals surface area contributed by atoms with E-state index in [0.29, 0.717) is 19.3 Å². The summed E-state index contributed by atoms with van der Waals surface area (Å²) in [5, 5.41) is 17.3. The zero-order chi connectivity index (χ0) is 10.0. The van der Waals surface area contributed by atoms with Crippen molar-refractivity contribution in [2.45, 2.75) is 25.3 Å². The van der Waals surface area contributed by atoms with E-state index in [2.05, 4.69) is 0 Å². The highest BCUT2D eigenvalue weighted by molar-refractivity contribution is 5.74. The maximum atomic E-state index is 10.6. The van der Waals surface area contributed by atoms with Gasteiger partial charge in [-0.2, -0.15) is 0 Å². The fourth-order valence-electron chi connectivity index (χ4n) is 1.77. The molecule has 1 fully saturated rings. The molecule has 0 saturated heterocycles. The van der Waals surface area contributed by atoms with Crippen molar-refractivity contribution >= 4 is 11.9 Å². The van der Waals surface area contributed by atoms with Crippen LogP contribution in [0, 0.1) is 11.8 Å². The number of rotatable bonds is 3. The second-order valence-electron chi connectivity index (χ2n) is 3.47. The molecule has 1 saturated carbocycles. The number of nitrogens with two attached hydrogens (primary N) is 1. The number of carboxylic acids is 2. The van der Waals surface area contributed by atoms with Gasteiger partial charge in [-0.05, 0) is 25.2 Å². The van der Waals surface area contributed by atoms with Gasteiger partial charge in [-0.1, -0.05) is 0 Å². The van der Waals surface area contributed by atoms with Crippen molar-refractivity contribution in [3.63, 3.8) is 0 Å². The number of aliphatic carboxylic acids is 2. The Bertz CT molecular complexity index is 228. The molecule has 0 heterocycles. The lowest BCUT2D eigenvalue weighted by molar-refractivity contribution is -0.143. The van der Waals surface area contributed by atoms with E-state index in [-0.39, 0.29) is 5.92 Å². The van der Waals surface area contributed by atoms with Crippen LogP contribution in [0.2, 0.25) is 0 Å². The quantitative estimate of drug-likeness (QED) is 0.572. The van der Waals surface area contributed by atoms with Gasteiger partial charge in [-0.3, -0.25) is 9.59 Å². The van der Waals surface area contributed by atoms with Gasteiger partial charge in [0.25, 0.3) is 0 Å². The summed E-state index contributed by atoms with van der Waals surface area (Å²) >= 11 is 0. The summed E-state index contributed by atoms with van der Waals surface area (Å²) in [6.45, 7) is 0. The van der Waals surface area contributed by atoms with Gasteiger partial charge >= 0.3 is 11.9 Å². The Morgan fingerprint density at radius 1 is 1.31 bits per heavy atom. The average Bonchev–Trinajstić information content (AvgIpc) is 2.50. The average molecular weight is 187 g/mol. The fraction of sp³-hybridized carbons (Fsp3) is 0.750. The van der Waals surface area contributed by atoms with Crippen LogP contribution in [0.15, 0.2) is 0 Å². The molecule has 3 unspecified atom stereocenters. The van der Waals surface area contributed by atoms with Gasteiger partial charge in [0, 0.05) is 0 Å². The van der Waals surface area contributed by atoms with Gasteiger partial charge in [-0.25, -0.2) is 0 Å². The molecule has 5 heteroatoms. The van der Waals surface area contributed by atoms with Gasteiger partial charge in [0.2, 0.25) is 0 Å². The molecule has 0 spiro atoms. The molecule has 74 valence electrons. The van der Waals surface area contributed by atoms with E-state index in [1.165, 1.54) is 0 Å². The third-order valence-electron chi connectivity index (χ3n) is 2.62. The van der Waals surface area contributed by atoms with Crippen LogP contribution >= 0.6 is 0 Å². The molecule has 0 aromatic carbocycles. The third-order valence-corrected chi connectivity index (χ3v) is 2.62. The predicted molar refractivity (Wildman–Crippen MR) is 44.1 cm³/mol. The number of carbonyl (C=O) groups is 2. The Morgan fingerprint density at radius 3 is 2.31 bits per heavy atom. The minimum Gasteiger partial charge on any atom is -0.481 e. The van der Waals surface area contributed by atoms with Gasteiger partial charge in [0.05, 0.1) is 5.92 Å². The third kappa shape index (κ3) is 2.18. The molecule has 0 aromatic heterocycles. The number of hydrogen-bond donors (Lipinski definition) is 3. The van der Waals surface area contributed by atoms with Crippen molar-refractivity contribution in [3.8, 4) is 0 Å². The Labute approximate surface area is 75.5 Å². The van der Waals surface area contributed by atoms with E-state index in [4.69, 9.17) is 15.9 Å². The van der Waals surface area contributed by atoms with Crippen LogP contribution in [0.1, 0.15) is 19.3 Å². The molecule has 5 nitrogen and oxygen atoms in total. The Hall–Kier alpha value is -1.10. The molecule has 1 rings (SSSR count). The van der Waals surface area contributed by atoms with Crippen LogP contribution in [0.25, 0.3) is 0 Å². The zero-order valence-electron chi connectivity index (χ0n) is 7.14. The minimum absolute atomic E-state index is 0.182. The van der Waals surface area contributed by atoms with Crippen molar-refractivity contribution in [2.75, 3.05) is 0 Å². The highest BCUT2D eigenvalue weighted by Gasteiger charge is 2.35. The largest absolute Gasteiger partial charge is 0.481 e. The lowest BCUT2D eigenvalue weighted by atomic mass is 9.97. The first-order valence-electron chi connectivity index (χ1n) is 4.23. The molecule has 0 aliphatic heterocycles. The normalized spacial score (nSPS) is 29.9. The summed E-state index contributed by atoms with van der Waals surface area (Å²) in [5.41, 5.74) is 5.39. The monoisotopic (exact) mass is 187 g/mol. The molecule has 1 aliphatic rings. The van der Waals surface area contributed by atoms with E-state index < -0.39 is 23.9 Å². The van der Waals surface area contributed by atoms with E-state index >= 15 is 0 Å². The number of hydrogen-bond acceptors (Lipinski definition) is 3. The van der Waals surface area contributed by atoms with Crippen LogP contribution in [-0.2, 0) is 9.59 Å². The molecule has 0 bridgehead atoms. The smallest absolute Gasteiger partial charge is 0.320 e. The lowest BCUT2D eigenvalue weighted by Crippen LogP contribution is -2.37. The molecule has 0 radical (unpaired) electrons. The predicted octanol–water partition coefficient (Wildman–Crippen LogP) is -0.101. The first-order chi connectivity index (χ1) is 6.02. The summed E-state index contributed by atoms with van der Waals surface area (Å²) in [6.07, 6.45) is 1.54. The highest BCUT2D eigenvalue weighted by atomic mass is 16.4. The molecule has 3 atom stereocenters. The van der Waals surface area contributed by atoms with Gasteiger partial charge < -0.3 is 15.9 Å². The van der Waals surface area contributed by atoms with Crippen molar-refractivity contribution in [3.05, 3.63) is 0 Å². The fourth-order valence-corrected chi connectivity index (χ4v) is 1.77. The highest BCUT2D eigenvalue weighted by Crippen LogP contribution is 2.32. The zero-order valence-corrected chi connectivity index (χ0v) is 7.14. The van der Waals surface area contributed by atoms with Crippen LogP contribution < -0.4 is 5.73 Å². The minimum atomic E-state index is -1.05. The first-order valence-corrected chi connectivity index (χ1v) is 4.23. The Balaban J connectivity index is 2.49. The van der Waals surface area contributed by atoms with Crippen LogP contribution in [0.3, 0.4) is 0 Å². The molecule has 1 aliphatic carbocycles. The van der Waals surface area contributed by atoms with Gasteiger partial charge in [0.15, 0.2) is 0 Å². The molecular weight excluding hydrogens is 174 g/mol. The Kier molecular flexibility index (Phi) is 2.87.